The molecule has 1 aliphatic rings. The Balaban J connectivity index is 1.60. The first-order valence-corrected chi connectivity index (χ1v) is 10.0. The first kappa shape index (κ1) is 21.2. The predicted octanol–water partition coefficient (Wildman–Crippen LogP) is 6.84. The molecule has 2 aromatic carbocycles. The van der Waals surface area contributed by atoms with Crippen molar-refractivity contribution in [2.75, 3.05) is 0 Å². The van der Waals surface area contributed by atoms with Crippen molar-refractivity contribution in [2.45, 2.75) is 58.0 Å². The Kier molecular flexibility index (Phi) is 7.19. The van der Waals surface area contributed by atoms with E-state index in [0.29, 0.717) is 17.9 Å². The molecule has 0 N–H and O–H groups in total. The Hall–Kier alpha value is -2.48. The summed E-state index contributed by atoms with van der Waals surface area (Å²) in [5.74, 6) is 5.14. The molecule has 0 radical (unpaired) electrons. The molecular weight excluding hydrogens is 380 g/mol. The SMILES string of the molecule is CCCc1cc(F)c(C#CC2CCC(c3ccc(OC(F)F)cc3)CC2)c(F)c1. The molecular formula is C24H24F4O. The maximum atomic E-state index is 14.2. The Bertz CT molecular complexity index is 849. The van der Waals surface area contributed by atoms with E-state index in [0.717, 1.165) is 37.7 Å². The quantitative estimate of drug-likeness (QED) is 0.391. The second-order valence-corrected chi connectivity index (χ2v) is 7.45. The molecule has 2 aromatic rings. The van der Waals surface area contributed by atoms with Crippen molar-refractivity contribution >= 4 is 0 Å². The topological polar surface area (TPSA) is 9.23 Å². The molecule has 0 aliphatic heterocycles. The molecule has 0 saturated heterocycles. The molecule has 1 saturated carbocycles. The minimum absolute atomic E-state index is 0.0989. The Morgan fingerprint density at radius 2 is 1.62 bits per heavy atom. The van der Waals surface area contributed by atoms with Crippen LogP contribution >= 0.6 is 0 Å². The molecule has 0 unspecified atom stereocenters. The van der Waals surface area contributed by atoms with Gasteiger partial charge >= 0.3 is 6.61 Å². The van der Waals surface area contributed by atoms with Gasteiger partial charge in [-0.25, -0.2) is 8.78 Å². The van der Waals surface area contributed by atoms with Crippen LogP contribution in [0, 0.1) is 29.4 Å². The summed E-state index contributed by atoms with van der Waals surface area (Å²) in [6, 6.07) is 9.49. The van der Waals surface area contributed by atoms with Gasteiger partial charge in [-0.05, 0) is 73.4 Å². The molecule has 0 atom stereocenters. The minimum Gasteiger partial charge on any atom is -0.435 e. The first-order valence-electron chi connectivity index (χ1n) is 10.0. The molecule has 0 spiro atoms. The van der Waals surface area contributed by atoms with Gasteiger partial charge in [0.05, 0.1) is 5.56 Å². The molecule has 1 aliphatic carbocycles. The lowest BCUT2D eigenvalue weighted by atomic mass is 9.79. The number of hydrogen-bond acceptors (Lipinski definition) is 1. The fraction of sp³-hybridized carbons (Fsp3) is 0.417. The molecule has 0 aromatic heterocycles. The monoisotopic (exact) mass is 404 g/mol. The normalized spacial score (nSPS) is 19.0. The molecule has 0 amide bonds. The maximum Gasteiger partial charge on any atom is 0.387 e. The average molecular weight is 404 g/mol. The fourth-order valence-electron chi connectivity index (χ4n) is 3.84. The van der Waals surface area contributed by atoms with Crippen LogP contribution in [0.3, 0.4) is 0 Å². The molecule has 1 fully saturated rings. The van der Waals surface area contributed by atoms with E-state index in [4.69, 9.17) is 0 Å². The van der Waals surface area contributed by atoms with Gasteiger partial charge in [-0.1, -0.05) is 37.3 Å². The van der Waals surface area contributed by atoms with Crippen LogP contribution in [0.25, 0.3) is 0 Å². The smallest absolute Gasteiger partial charge is 0.387 e. The molecule has 154 valence electrons. The minimum atomic E-state index is -2.83. The van der Waals surface area contributed by atoms with Crippen molar-refractivity contribution in [3.8, 4) is 17.6 Å². The highest BCUT2D eigenvalue weighted by Crippen LogP contribution is 2.36. The summed E-state index contributed by atoms with van der Waals surface area (Å²) < 4.78 is 57.2. The Morgan fingerprint density at radius 3 is 2.17 bits per heavy atom. The summed E-state index contributed by atoms with van der Waals surface area (Å²) >= 11 is 0. The van der Waals surface area contributed by atoms with E-state index >= 15 is 0 Å². The lowest BCUT2D eigenvalue weighted by molar-refractivity contribution is -0.0498. The van der Waals surface area contributed by atoms with Crippen molar-refractivity contribution < 1.29 is 22.3 Å². The van der Waals surface area contributed by atoms with E-state index in [2.05, 4.69) is 16.6 Å². The zero-order valence-corrected chi connectivity index (χ0v) is 16.4. The fourth-order valence-corrected chi connectivity index (χ4v) is 3.84. The van der Waals surface area contributed by atoms with Crippen molar-refractivity contribution in [3.63, 3.8) is 0 Å². The third kappa shape index (κ3) is 5.76. The summed E-state index contributed by atoms with van der Waals surface area (Å²) in [5, 5.41) is 0. The molecule has 29 heavy (non-hydrogen) atoms. The molecule has 0 heterocycles. The van der Waals surface area contributed by atoms with Gasteiger partial charge in [-0.15, -0.1) is 0 Å². The summed E-state index contributed by atoms with van der Waals surface area (Å²) in [6.07, 6.45) is 4.94. The second kappa shape index (κ2) is 9.82. The lowest BCUT2D eigenvalue weighted by Crippen LogP contribution is -2.12. The van der Waals surface area contributed by atoms with Gasteiger partial charge in [0.25, 0.3) is 0 Å². The predicted molar refractivity (Wildman–Crippen MR) is 105 cm³/mol. The van der Waals surface area contributed by atoms with E-state index in [-0.39, 0.29) is 17.2 Å². The number of rotatable bonds is 5. The van der Waals surface area contributed by atoms with Gasteiger partial charge < -0.3 is 4.74 Å². The third-order valence-corrected chi connectivity index (χ3v) is 5.35. The van der Waals surface area contributed by atoms with Gasteiger partial charge in [-0.2, -0.15) is 8.78 Å². The zero-order chi connectivity index (χ0) is 20.8. The van der Waals surface area contributed by atoms with Crippen LogP contribution in [-0.4, -0.2) is 6.61 Å². The van der Waals surface area contributed by atoms with E-state index in [9.17, 15) is 17.6 Å². The third-order valence-electron chi connectivity index (χ3n) is 5.35. The highest BCUT2D eigenvalue weighted by Gasteiger charge is 2.21. The summed E-state index contributed by atoms with van der Waals surface area (Å²) in [7, 11) is 0. The lowest BCUT2D eigenvalue weighted by Gasteiger charge is -2.26. The van der Waals surface area contributed by atoms with Gasteiger partial charge in [0, 0.05) is 5.92 Å². The van der Waals surface area contributed by atoms with Gasteiger partial charge in [0.1, 0.15) is 17.4 Å². The van der Waals surface area contributed by atoms with E-state index < -0.39 is 18.2 Å². The van der Waals surface area contributed by atoms with Crippen molar-refractivity contribution in [1.82, 2.24) is 0 Å². The zero-order valence-electron chi connectivity index (χ0n) is 16.4. The molecule has 5 heteroatoms. The Labute approximate surface area is 169 Å². The number of alkyl halides is 2. The maximum absolute atomic E-state index is 14.2. The van der Waals surface area contributed by atoms with Crippen LogP contribution in [0.2, 0.25) is 0 Å². The van der Waals surface area contributed by atoms with E-state index in [1.54, 1.807) is 12.1 Å². The second-order valence-electron chi connectivity index (χ2n) is 7.45. The highest BCUT2D eigenvalue weighted by atomic mass is 19.3. The summed E-state index contributed by atoms with van der Waals surface area (Å²) in [6.45, 7) is -0.863. The summed E-state index contributed by atoms with van der Waals surface area (Å²) in [4.78, 5) is 0. The van der Waals surface area contributed by atoms with E-state index in [1.807, 2.05) is 19.1 Å². The number of halogens is 4. The summed E-state index contributed by atoms with van der Waals surface area (Å²) in [5.41, 5.74) is 1.58. The van der Waals surface area contributed by atoms with Crippen molar-refractivity contribution in [2.24, 2.45) is 5.92 Å². The van der Waals surface area contributed by atoms with Crippen LogP contribution in [0.4, 0.5) is 17.6 Å². The molecule has 0 bridgehead atoms. The van der Waals surface area contributed by atoms with Gasteiger partial charge in [0.15, 0.2) is 0 Å². The standard InChI is InChI=1S/C24H24F4O/c1-2-3-17-14-22(25)21(23(26)15-17)13-6-16-4-7-18(8-5-16)19-9-11-20(12-10-19)29-24(27)28/h9-12,14-16,18,24H,2-5,7-8H2,1H3. The number of benzene rings is 2. The first-order chi connectivity index (χ1) is 14.0. The van der Waals surface area contributed by atoms with Crippen LogP contribution in [0.1, 0.15) is 61.6 Å². The van der Waals surface area contributed by atoms with Gasteiger partial charge in [0.2, 0.25) is 0 Å². The van der Waals surface area contributed by atoms with Crippen LogP contribution in [0.5, 0.6) is 5.75 Å². The number of aryl methyl sites for hydroxylation is 1. The average Bonchev–Trinajstić information content (AvgIpc) is 2.68. The largest absolute Gasteiger partial charge is 0.435 e. The van der Waals surface area contributed by atoms with Crippen LogP contribution in [-0.2, 0) is 6.42 Å². The molecule has 3 rings (SSSR count). The van der Waals surface area contributed by atoms with Gasteiger partial charge in [-0.3, -0.25) is 0 Å². The van der Waals surface area contributed by atoms with Crippen LogP contribution in [0.15, 0.2) is 36.4 Å². The number of ether oxygens (including phenoxy) is 1. The highest BCUT2D eigenvalue weighted by molar-refractivity contribution is 5.39. The Morgan fingerprint density at radius 1 is 1.00 bits per heavy atom. The van der Waals surface area contributed by atoms with Crippen LogP contribution < -0.4 is 4.74 Å². The van der Waals surface area contributed by atoms with Crippen molar-refractivity contribution in [1.29, 1.82) is 0 Å². The van der Waals surface area contributed by atoms with Crippen molar-refractivity contribution in [3.05, 3.63) is 64.7 Å². The number of hydrogen-bond donors (Lipinski definition) is 0. The van der Waals surface area contributed by atoms with E-state index in [1.165, 1.54) is 12.1 Å². The molecule has 1 nitrogen and oxygen atoms in total.